The number of thioether (sulfide) groups is 1. The van der Waals surface area contributed by atoms with Crippen molar-refractivity contribution in [2.24, 2.45) is 0 Å². The van der Waals surface area contributed by atoms with E-state index in [4.69, 9.17) is 16.7 Å². The molecule has 0 bridgehead atoms. The van der Waals surface area contributed by atoms with Crippen molar-refractivity contribution in [3.05, 3.63) is 29.3 Å². The molecule has 0 saturated carbocycles. The predicted octanol–water partition coefficient (Wildman–Crippen LogP) is 3.10. The number of hydrogen-bond acceptors (Lipinski definition) is 3. The van der Waals surface area contributed by atoms with Crippen LogP contribution in [0.5, 0.6) is 0 Å². The molecular formula is C14H20ClNO2S. The predicted molar refractivity (Wildman–Crippen MR) is 80.7 cm³/mol. The Labute approximate surface area is 123 Å². The summed E-state index contributed by atoms with van der Waals surface area (Å²) in [6.45, 7) is 0.845. The van der Waals surface area contributed by atoms with Crippen molar-refractivity contribution in [2.45, 2.75) is 30.6 Å². The lowest BCUT2D eigenvalue weighted by Crippen LogP contribution is -2.24. The van der Waals surface area contributed by atoms with E-state index >= 15 is 0 Å². The minimum absolute atomic E-state index is 0.0923. The molecule has 0 radical (unpaired) electrons. The van der Waals surface area contributed by atoms with Gasteiger partial charge < -0.3 is 10.4 Å². The monoisotopic (exact) mass is 301 g/mol. The van der Waals surface area contributed by atoms with E-state index in [1.54, 1.807) is 11.8 Å². The number of aliphatic hydroxyl groups is 1. The van der Waals surface area contributed by atoms with E-state index in [2.05, 4.69) is 5.32 Å². The Kier molecular flexibility index (Phi) is 8.71. The fourth-order valence-electron chi connectivity index (χ4n) is 1.51. The summed E-state index contributed by atoms with van der Waals surface area (Å²) in [5.41, 5.74) is 0. The minimum Gasteiger partial charge on any atom is -0.396 e. The van der Waals surface area contributed by atoms with E-state index in [-0.39, 0.29) is 12.5 Å². The third-order valence-corrected chi connectivity index (χ3v) is 3.89. The highest BCUT2D eigenvalue weighted by Crippen LogP contribution is 2.21. The second-order valence-corrected chi connectivity index (χ2v) is 5.79. The van der Waals surface area contributed by atoms with Crippen molar-refractivity contribution < 1.29 is 9.90 Å². The number of carbonyl (C=O) groups is 1. The zero-order valence-corrected chi connectivity index (χ0v) is 12.5. The van der Waals surface area contributed by atoms with Crippen molar-refractivity contribution in [1.82, 2.24) is 5.32 Å². The summed E-state index contributed by atoms with van der Waals surface area (Å²) in [6, 6.07) is 7.72. The van der Waals surface area contributed by atoms with Crippen molar-refractivity contribution >= 4 is 29.3 Å². The van der Waals surface area contributed by atoms with Gasteiger partial charge in [-0.25, -0.2) is 0 Å². The van der Waals surface area contributed by atoms with Gasteiger partial charge in [-0.2, -0.15) is 0 Å². The molecule has 0 spiro atoms. The molecule has 1 amide bonds. The average molecular weight is 302 g/mol. The Morgan fingerprint density at radius 2 is 1.95 bits per heavy atom. The highest BCUT2D eigenvalue weighted by atomic mass is 35.5. The van der Waals surface area contributed by atoms with E-state index in [0.717, 1.165) is 30.0 Å². The van der Waals surface area contributed by atoms with Crippen LogP contribution in [0.3, 0.4) is 0 Å². The summed E-state index contributed by atoms with van der Waals surface area (Å²) in [5.74, 6) is 1.01. The summed E-state index contributed by atoms with van der Waals surface area (Å²) < 4.78 is 0. The van der Waals surface area contributed by atoms with E-state index in [0.29, 0.717) is 13.0 Å². The van der Waals surface area contributed by atoms with Crippen LogP contribution in [0.15, 0.2) is 29.2 Å². The van der Waals surface area contributed by atoms with Gasteiger partial charge in [0.2, 0.25) is 5.91 Å². The third kappa shape index (κ3) is 8.14. The maximum atomic E-state index is 11.5. The Balaban J connectivity index is 2.03. The molecule has 0 fully saturated rings. The highest BCUT2D eigenvalue weighted by molar-refractivity contribution is 7.99. The number of unbranched alkanes of at least 4 members (excludes halogenated alkanes) is 1. The van der Waals surface area contributed by atoms with Gasteiger partial charge in [-0.1, -0.05) is 11.6 Å². The second kappa shape index (κ2) is 10.1. The molecule has 5 heteroatoms. The van der Waals surface area contributed by atoms with Gasteiger partial charge in [0, 0.05) is 29.5 Å². The summed E-state index contributed by atoms with van der Waals surface area (Å²) in [5, 5.41) is 12.2. The molecule has 1 aromatic carbocycles. The van der Waals surface area contributed by atoms with Crippen LogP contribution in [-0.4, -0.2) is 29.9 Å². The standard InChI is InChI=1S/C14H20ClNO2S/c15-12-5-7-13(8-6-12)19-11-3-4-14(18)16-9-1-2-10-17/h5-8,17H,1-4,9-11H2,(H,16,18). The third-order valence-electron chi connectivity index (χ3n) is 2.54. The Morgan fingerprint density at radius 1 is 1.21 bits per heavy atom. The maximum absolute atomic E-state index is 11.5. The number of halogens is 1. The molecule has 1 rings (SSSR count). The fourth-order valence-corrected chi connectivity index (χ4v) is 2.49. The number of rotatable bonds is 9. The lowest BCUT2D eigenvalue weighted by Gasteiger charge is -2.04. The number of benzene rings is 1. The number of hydrogen-bond donors (Lipinski definition) is 2. The normalized spacial score (nSPS) is 10.4. The summed E-state index contributed by atoms with van der Waals surface area (Å²) >= 11 is 7.54. The van der Waals surface area contributed by atoms with Crippen molar-refractivity contribution in [2.75, 3.05) is 18.9 Å². The molecule has 0 aliphatic heterocycles. The van der Waals surface area contributed by atoms with E-state index in [9.17, 15) is 4.79 Å². The molecule has 2 N–H and O–H groups in total. The molecule has 0 atom stereocenters. The van der Waals surface area contributed by atoms with Gasteiger partial charge >= 0.3 is 0 Å². The topological polar surface area (TPSA) is 49.3 Å². The molecule has 0 saturated heterocycles. The lowest BCUT2D eigenvalue weighted by molar-refractivity contribution is -0.121. The molecule has 19 heavy (non-hydrogen) atoms. The molecule has 1 aromatic rings. The van der Waals surface area contributed by atoms with Crippen molar-refractivity contribution in [3.8, 4) is 0 Å². The van der Waals surface area contributed by atoms with Crippen LogP contribution >= 0.6 is 23.4 Å². The zero-order valence-electron chi connectivity index (χ0n) is 10.9. The van der Waals surface area contributed by atoms with Gasteiger partial charge in [0.15, 0.2) is 0 Å². The number of aliphatic hydroxyl groups excluding tert-OH is 1. The van der Waals surface area contributed by atoms with Crippen LogP contribution < -0.4 is 5.32 Å². The van der Waals surface area contributed by atoms with Gasteiger partial charge in [0.1, 0.15) is 0 Å². The number of nitrogens with one attached hydrogen (secondary N) is 1. The van der Waals surface area contributed by atoms with Crippen LogP contribution in [0.1, 0.15) is 25.7 Å². The van der Waals surface area contributed by atoms with E-state index in [1.807, 2.05) is 24.3 Å². The first kappa shape index (κ1) is 16.3. The Hall–Kier alpha value is -0.710. The molecule has 0 heterocycles. The lowest BCUT2D eigenvalue weighted by atomic mass is 10.3. The van der Waals surface area contributed by atoms with Crippen molar-refractivity contribution in [1.29, 1.82) is 0 Å². The smallest absolute Gasteiger partial charge is 0.220 e. The number of carbonyl (C=O) groups excluding carboxylic acids is 1. The second-order valence-electron chi connectivity index (χ2n) is 4.19. The highest BCUT2D eigenvalue weighted by Gasteiger charge is 2.01. The largest absolute Gasteiger partial charge is 0.396 e. The van der Waals surface area contributed by atoms with Crippen LogP contribution in [0.4, 0.5) is 0 Å². The first-order valence-electron chi connectivity index (χ1n) is 6.48. The van der Waals surface area contributed by atoms with E-state index < -0.39 is 0 Å². The van der Waals surface area contributed by atoms with Crippen LogP contribution in [0.25, 0.3) is 0 Å². The average Bonchev–Trinajstić information content (AvgIpc) is 2.42. The Morgan fingerprint density at radius 3 is 2.63 bits per heavy atom. The van der Waals surface area contributed by atoms with Gasteiger partial charge in [-0.3, -0.25) is 4.79 Å². The first-order valence-corrected chi connectivity index (χ1v) is 7.84. The summed E-state index contributed by atoms with van der Waals surface area (Å²) in [7, 11) is 0. The molecule has 0 aromatic heterocycles. The maximum Gasteiger partial charge on any atom is 0.220 e. The first-order chi connectivity index (χ1) is 9.22. The summed E-state index contributed by atoms with van der Waals surface area (Å²) in [6.07, 6.45) is 2.99. The molecule has 0 aliphatic rings. The summed E-state index contributed by atoms with van der Waals surface area (Å²) in [4.78, 5) is 12.6. The van der Waals surface area contributed by atoms with Gasteiger partial charge in [-0.05, 0) is 49.3 Å². The molecule has 0 aliphatic carbocycles. The SMILES string of the molecule is O=C(CCCSc1ccc(Cl)cc1)NCCCCO. The quantitative estimate of drug-likeness (QED) is 0.544. The van der Waals surface area contributed by atoms with Crippen molar-refractivity contribution in [3.63, 3.8) is 0 Å². The minimum atomic E-state index is 0.0923. The van der Waals surface area contributed by atoms with Gasteiger partial charge in [-0.15, -0.1) is 11.8 Å². The van der Waals surface area contributed by atoms with Crippen LogP contribution in [-0.2, 0) is 4.79 Å². The van der Waals surface area contributed by atoms with E-state index in [1.165, 1.54) is 4.90 Å². The number of amides is 1. The molecule has 0 unspecified atom stereocenters. The van der Waals surface area contributed by atoms with Gasteiger partial charge in [0.05, 0.1) is 0 Å². The van der Waals surface area contributed by atoms with Gasteiger partial charge in [0.25, 0.3) is 0 Å². The Bertz CT molecular complexity index is 370. The fraction of sp³-hybridized carbons (Fsp3) is 0.500. The molecular weight excluding hydrogens is 282 g/mol. The molecule has 3 nitrogen and oxygen atoms in total. The van der Waals surface area contributed by atoms with Crippen LogP contribution in [0, 0.1) is 0 Å². The molecule has 106 valence electrons. The van der Waals surface area contributed by atoms with Crippen LogP contribution in [0.2, 0.25) is 5.02 Å². The zero-order chi connectivity index (χ0) is 13.9.